The summed E-state index contributed by atoms with van der Waals surface area (Å²) in [6.45, 7) is 4.99. The molecule has 2 fully saturated rings. The first-order valence-corrected chi connectivity index (χ1v) is 14.3. The van der Waals surface area contributed by atoms with Crippen LogP contribution in [0.3, 0.4) is 0 Å². The SMILES string of the molecule is O=C1NCCCCOCc2cc(ccc2N2CCOCC2)Nc2ncc(C3CCCC3)c(n2)-c2ccc1cc2. The van der Waals surface area contributed by atoms with Crippen LogP contribution in [-0.4, -0.2) is 55.3 Å². The van der Waals surface area contributed by atoms with Gasteiger partial charge in [0.25, 0.3) is 5.91 Å². The highest BCUT2D eigenvalue weighted by molar-refractivity contribution is 5.94. The number of amides is 1. The first kappa shape index (κ1) is 25.8. The van der Waals surface area contributed by atoms with Gasteiger partial charge >= 0.3 is 0 Å². The molecule has 0 radical (unpaired) electrons. The highest BCUT2D eigenvalue weighted by Crippen LogP contribution is 2.39. The molecule has 39 heavy (non-hydrogen) atoms. The summed E-state index contributed by atoms with van der Waals surface area (Å²) >= 11 is 0. The Morgan fingerprint density at radius 3 is 2.49 bits per heavy atom. The molecule has 2 aromatic carbocycles. The maximum atomic E-state index is 12.7. The summed E-state index contributed by atoms with van der Waals surface area (Å²) in [4.78, 5) is 24.9. The lowest BCUT2D eigenvalue weighted by atomic mass is 9.94. The van der Waals surface area contributed by atoms with Crippen molar-refractivity contribution in [3.05, 3.63) is 65.4 Å². The van der Waals surface area contributed by atoms with Gasteiger partial charge in [-0.2, -0.15) is 0 Å². The number of hydrogen-bond donors (Lipinski definition) is 2. The number of benzene rings is 2. The van der Waals surface area contributed by atoms with Crippen LogP contribution < -0.4 is 15.5 Å². The van der Waals surface area contributed by atoms with Crippen molar-refractivity contribution < 1.29 is 14.3 Å². The highest BCUT2D eigenvalue weighted by atomic mass is 16.5. The quantitative estimate of drug-likeness (QED) is 0.460. The minimum Gasteiger partial charge on any atom is -0.378 e. The maximum absolute atomic E-state index is 12.7. The molecule has 7 rings (SSSR count). The first-order valence-electron chi connectivity index (χ1n) is 14.3. The summed E-state index contributed by atoms with van der Waals surface area (Å²) in [5.74, 6) is 0.986. The van der Waals surface area contributed by atoms with E-state index in [1.54, 1.807) is 0 Å². The average Bonchev–Trinajstić information content (AvgIpc) is 3.52. The van der Waals surface area contributed by atoms with Gasteiger partial charge in [-0.1, -0.05) is 25.0 Å². The highest BCUT2D eigenvalue weighted by Gasteiger charge is 2.23. The molecular weight excluding hydrogens is 490 g/mol. The molecule has 0 spiro atoms. The molecule has 4 aliphatic rings. The van der Waals surface area contributed by atoms with E-state index in [4.69, 9.17) is 19.4 Å². The summed E-state index contributed by atoms with van der Waals surface area (Å²) in [6, 6.07) is 14.2. The van der Waals surface area contributed by atoms with Crippen molar-refractivity contribution in [1.82, 2.24) is 15.3 Å². The second-order valence-corrected chi connectivity index (χ2v) is 10.6. The van der Waals surface area contributed by atoms with Gasteiger partial charge < -0.3 is 25.0 Å². The van der Waals surface area contributed by atoms with Gasteiger partial charge in [0, 0.05) is 66.1 Å². The van der Waals surface area contributed by atoms with Gasteiger partial charge in [-0.15, -0.1) is 0 Å². The smallest absolute Gasteiger partial charge is 0.251 e. The molecule has 3 aliphatic heterocycles. The number of ether oxygens (including phenoxy) is 2. The molecule has 6 bridgehead atoms. The van der Waals surface area contributed by atoms with Gasteiger partial charge in [-0.05, 0) is 61.9 Å². The number of nitrogens with zero attached hydrogens (tertiary/aromatic N) is 3. The van der Waals surface area contributed by atoms with Crippen molar-refractivity contribution in [2.45, 2.75) is 51.0 Å². The summed E-state index contributed by atoms with van der Waals surface area (Å²) in [5, 5.41) is 6.50. The topological polar surface area (TPSA) is 88.6 Å². The molecule has 1 amide bonds. The Hall–Kier alpha value is -3.49. The Labute approximate surface area is 230 Å². The third kappa shape index (κ3) is 6.07. The number of carbonyl (C=O) groups excluding carboxylic acids is 1. The van der Waals surface area contributed by atoms with Gasteiger partial charge in [0.15, 0.2) is 0 Å². The lowest BCUT2D eigenvalue weighted by molar-refractivity contribution is 0.0946. The fraction of sp³-hybridized carbons (Fsp3) is 0.452. The van der Waals surface area contributed by atoms with Crippen molar-refractivity contribution in [3.8, 4) is 11.3 Å². The molecule has 1 aromatic heterocycles. The molecule has 8 heteroatoms. The second kappa shape index (κ2) is 12.1. The lowest BCUT2D eigenvalue weighted by Crippen LogP contribution is -2.36. The van der Waals surface area contributed by atoms with Crippen molar-refractivity contribution in [3.63, 3.8) is 0 Å². The van der Waals surface area contributed by atoms with Crippen LogP contribution in [0, 0.1) is 0 Å². The molecule has 1 saturated heterocycles. The number of morpholine rings is 1. The van der Waals surface area contributed by atoms with Crippen molar-refractivity contribution >= 4 is 23.2 Å². The number of rotatable bonds is 2. The standard InChI is InChI=1S/C31H37N5O3/c37-30-24-9-7-23(8-10-24)29-27(22-5-1-2-6-22)20-33-31(35-29)34-26-11-12-28(36-14-17-38-18-15-36)25(19-26)21-39-16-4-3-13-32-30/h7-12,19-20,22H,1-6,13-18,21H2,(H,32,37)(H,33,34,35). The van der Waals surface area contributed by atoms with Crippen LogP contribution in [0.2, 0.25) is 0 Å². The normalized spacial score (nSPS) is 19.1. The maximum Gasteiger partial charge on any atom is 0.251 e. The molecule has 0 unspecified atom stereocenters. The Morgan fingerprint density at radius 1 is 0.872 bits per heavy atom. The van der Waals surface area contributed by atoms with Crippen molar-refractivity contribution in [2.75, 3.05) is 49.7 Å². The molecule has 8 nitrogen and oxygen atoms in total. The fourth-order valence-electron chi connectivity index (χ4n) is 5.83. The third-order valence-corrected chi connectivity index (χ3v) is 7.98. The summed E-state index contributed by atoms with van der Waals surface area (Å²) in [6.07, 6.45) is 8.55. The van der Waals surface area contributed by atoms with Crippen LogP contribution in [0.4, 0.5) is 17.3 Å². The lowest BCUT2D eigenvalue weighted by Gasteiger charge is -2.31. The number of anilines is 3. The summed E-state index contributed by atoms with van der Waals surface area (Å²) < 4.78 is 11.7. The zero-order valence-electron chi connectivity index (χ0n) is 22.5. The largest absolute Gasteiger partial charge is 0.378 e. The van der Waals surface area contributed by atoms with E-state index >= 15 is 0 Å². The Balaban J connectivity index is 1.36. The first-order chi connectivity index (χ1) is 19.2. The van der Waals surface area contributed by atoms with E-state index in [2.05, 4.69) is 33.7 Å². The van der Waals surface area contributed by atoms with Gasteiger partial charge in [0.05, 0.1) is 25.5 Å². The van der Waals surface area contributed by atoms with Crippen LogP contribution in [0.25, 0.3) is 11.3 Å². The Bertz CT molecular complexity index is 1280. The number of nitrogens with one attached hydrogen (secondary N) is 2. The predicted molar refractivity (Wildman–Crippen MR) is 153 cm³/mol. The zero-order chi connectivity index (χ0) is 26.4. The van der Waals surface area contributed by atoms with Crippen molar-refractivity contribution in [2.24, 2.45) is 0 Å². The van der Waals surface area contributed by atoms with Gasteiger partial charge in [-0.25, -0.2) is 9.97 Å². The molecule has 204 valence electrons. The summed E-state index contributed by atoms with van der Waals surface area (Å²) in [5.41, 5.74) is 7.05. The van der Waals surface area contributed by atoms with Gasteiger partial charge in [0.1, 0.15) is 0 Å². The van der Waals surface area contributed by atoms with E-state index < -0.39 is 0 Å². The molecule has 3 aromatic rings. The molecule has 0 atom stereocenters. The molecule has 2 N–H and O–H groups in total. The van der Waals surface area contributed by atoms with Gasteiger partial charge in [-0.3, -0.25) is 4.79 Å². The van der Waals surface area contributed by atoms with E-state index in [1.807, 2.05) is 30.5 Å². The average molecular weight is 528 g/mol. The molecular formula is C31H37N5O3. The number of fused-ring (bicyclic) bond motifs is 9. The van der Waals surface area contributed by atoms with E-state index in [0.29, 0.717) is 37.2 Å². The van der Waals surface area contributed by atoms with E-state index in [-0.39, 0.29) is 5.91 Å². The number of aromatic nitrogens is 2. The van der Waals surface area contributed by atoms with Crippen LogP contribution in [0.15, 0.2) is 48.7 Å². The van der Waals surface area contributed by atoms with Crippen LogP contribution in [0.1, 0.15) is 65.9 Å². The third-order valence-electron chi connectivity index (χ3n) is 7.98. The van der Waals surface area contributed by atoms with Crippen LogP contribution in [-0.2, 0) is 16.1 Å². The predicted octanol–water partition coefficient (Wildman–Crippen LogP) is 5.42. The Kier molecular flexibility index (Phi) is 8.02. The van der Waals surface area contributed by atoms with E-state index in [1.165, 1.54) is 24.1 Å². The van der Waals surface area contributed by atoms with E-state index in [9.17, 15) is 4.79 Å². The monoisotopic (exact) mass is 527 g/mol. The second-order valence-electron chi connectivity index (χ2n) is 10.6. The van der Waals surface area contributed by atoms with Gasteiger partial charge in [0.2, 0.25) is 5.95 Å². The number of carbonyl (C=O) groups is 1. The van der Waals surface area contributed by atoms with Crippen LogP contribution in [0.5, 0.6) is 0 Å². The number of hydrogen-bond acceptors (Lipinski definition) is 7. The van der Waals surface area contributed by atoms with Crippen LogP contribution >= 0.6 is 0 Å². The Morgan fingerprint density at radius 2 is 1.67 bits per heavy atom. The minimum absolute atomic E-state index is 0.0485. The molecule has 1 saturated carbocycles. The van der Waals surface area contributed by atoms with Crippen molar-refractivity contribution in [1.29, 1.82) is 0 Å². The molecule has 4 heterocycles. The zero-order valence-corrected chi connectivity index (χ0v) is 22.5. The minimum atomic E-state index is -0.0485. The van der Waals surface area contributed by atoms with E-state index in [0.717, 1.165) is 74.5 Å². The fourth-order valence-corrected chi connectivity index (χ4v) is 5.83. The summed E-state index contributed by atoms with van der Waals surface area (Å²) in [7, 11) is 0. The molecule has 1 aliphatic carbocycles.